The molecule has 1 atom stereocenters. The van der Waals surface area contributed by atoms with Crippen LogP contribution >= 0.6 is 0 Å². The van der Waals surface area contributed by atoms with E-state index in [-0.39, 0.29) is 11.8 Å². The molecule has 1 amide bonds. The summed E-state index contributed by atoms with van der Waals surface area (Å²) in [7, 11) is 0. The Morgan fingerprint density at radius 2 is 1.86 bits per heavy atom. The highest BCUT2D eigenvalue weighted by Gasteiger charge is 2.26. The number of nitrogens with one attached hydrogen (secondary N) is 1. The number of rotatable bonds is 8. The Hall–Kier alpha value is -1.84. The quantitative estimate of drug-likeness (QED) is 0.773. The number of aliphatic carboxylic acids is 1. The van der Waals surface area contributed by atoms with Crippen LogP contribution in [0.1, 0.15) is 51.5 Å². The Morgan fingerprint density at radius 3 is 2.38 bits per heavy atom. The fourth-order valence-electron chi connectivity index (χ4n) is 2.14. The topological polar surface area (TPSA) is 66.4 Å². The van der Waals surface area contributed by atoms with Crippen LogP contribution < -0.4 is 5.32 Å². The minimum absolute atomic E-state index is 0.0214. The Kier molecular flexibility index (Phi) is 6.40. The molecule has 0 fully saturated rings. The van der Waals surface area contributed by atoms with Crippen molar-refractivity contribution in [3.8, 4) is 0 Å². The molecule has 116 valence electrons. The first kappa shape index (κ1) is 17.2. The average molecular weight is 291 g/mol. The highest BCUT2D eigenvalue weighted by molar-refractivity contribution is 5.77. The molecule has 1 rings (SSSR count). The van der Waals surface area contributed by atoms with Gasteiger partial charge in [-0.2, -0.15) is 0 Å². The summed E-state index contributed by atoms with van der Waals surface area (Å²) in [6.07, 6.45) is 1.77. The van der Waals surface area contributed by atoms with Crippen molar-refractivity contribution in [3.63, 3.8) is 0 Å². The van der Waals surface area contributed by atoms with Crippen molar-refractivity contribution in [2.45, 2.75) is 46.0 Å². The summed E-state index contributed by atoms with van der Waals surface area (Å²) in [6, 6.07) is 9.99. The van der Waals surface area contributed by atoms with Crippen LogP contribution in [-0.2, 0) is 9.59 Å². The maximum Gasteiger partial charge on any atom is 0.309 e. The second-order valence-corrected chi connectivity index (χ2v) is 6.01. The Balaban J connectivity index is 2.44. The molecule has 2 N–H and O–H groups in total. The van der Waals surface area contributed by atoms with E-state index in [1.54, 1.807) is 13.8 Å². The average Bonchev–Trinajstić information content (AvgIpc) is 2.45. The first-order valence-electron chi connectivity index (χ1n) is 7.42. The van der Waals surface area contributed by atoms with Gasteiger partial charge in [0.1, 0.15) is 0 Å². The van der Waals surface area contributed by atoms with Gasteiger partial charge in [0.2, 0.25) is 5.91 Å². The van der Waals surface area contributed by atoms with Crippen molar-refractivity contribution < 1.29 is 14.7 Å². The molecule has 0 aliphatic carbocycles. The second-order valence-electron chi connectivity index (χ2n) is 6.01. The van der Waals surface area contributed by atoms with Gasteiger partial charge >= 0.3 is 5.97 Å². The molecule has 0 aromatic heterocycles. The van der Waals surface area contributed by atoms with Crippen LogP contribution in [0.5, 0.6) is 0 Å². The van der Waals surface area contributed by atoms with Gasteiger partial charge in [-0.1, -0.05) is 37.3 Å². The van der Waals surface area contributed by atoms with Crippen molar-refractivity contribution in [2.24, 2.45) is 5.41 Å². The molecule has 0 radical (unpaired) electrons. The Morgan fingerprint density at radius 1 is 1.24 bits per heavy atom. The SMILES string of the molecule is CCC(CC(=O)NCCC(C)(C)C(=O)O)c1ccccc1. The molecular weight excluding hydrogens is 266 g/mol. The van der Waals surface area contributed by atoms with E-state index < -0.39 is 11.4 Å². The molecule has 0 aliphatic heterocycles. The molecule has 0 saturated carbocycles. The molecule has 21 heavy (non-hydrogen) atoms. The first-order valence-corrected chi connectivity index (χ1v) is 7.42. The number of carbonyl (C=O) groups excluding carboxylic acids is 1. The van der Waals surface area contributed by atoms with Gasteiger partial charge in [-0.05, 0) is 38.2 Å². The second kappa shape index (κ2) is 7.81. The predicted molar refractivity (Wildman–Crippen MR) is 83.1 cm³/mol. The number of hydrogen-bond donors (Lipinski definition) is 2. The Bertz CT molecular complexity index is 468. The highest BCUT2D eigenvalue weighted by Crippen LogP contribution is 2.23. The van der Waals surface area contributed by atoms with Gasteiger partial charge in [0.15, 0.2) is 0 Å². The summed E-state index contributed by atoms with van der Waals surface area (Å²) in [4.78, 5) is 23.0. The smallest absolute Gasteiger partial charge is 0.309 e. The summed E-state index contributed by atoms with van der Waals surface area (Å²) < 4.78 is 0. The monoisotopic (exact) mass is 291 g/mol. The van der Waals surface area contributed by atoms with Crippen molar-refractivity contribution in [1.82, 2.24) is 5.32 Å². The van der Waals surface area contributed by atoms with Crippen LogP contribution in [0.25, 0.3) is 0 Å². The maximum atomic E-state index is 12.0. The molecule has 0 spiro atoms. The van der Waals surface area contributed by atoms with Crippen LogP contribution in [-0.4, -0.2) is 23.5 Å². The molecule has 4 nitrogen and oxygen atoms in total. The summed E-state index contributed by atoms with van der Waals surface area (Å²) in [5, 5.41) is 11.9. The number of carboxylic acid groups (broad SMARTS) is 1. The van der Waals surface area contributed by atoms with Gasteiger partial charge in [0.25, 0.3) is 0 Å². The molecule has 0 aliphatic rings. The van der Waals surface area contributed by atoms with E-state index in [0.29, 0.717) is 19.4 Å². The number of carbonyl (C=O) groups is 2. The van der Waals surface area contributed by atoms with Crippen LogP contribution in [0.3, 0.4) is 0 Å². The summed E-state index contributed by atoms with van der Waals surface area (Å²) in [6.45, 7) is 5.79. The lowest BCUT2D eigenvalue weighted by molar-refractivity contribution is -0.147. The fraction of sp³-hybridized carbons (Fsp3) is 0.529. The third kappa shape index (κ3) is 5.58. The van der Waals surface area contributed by atoms with E-state index in [4.69, 9.17) is 5.11 Å². The normalized spacial score (nSPS) is 12.7. The van der Waals surface area contributed by atoms with Gasteiger partial charge < -0.3 is 10.4 Å². The van der Waals surface area contributed by atoms with Crippen LogP contribution in [0.4, 0.5) is 0 Å². The van der Waals surface area contributed by atoms with Gasteiger partial charge in [0, 0.05) is 13.0 Å². The number of benzene rings is 1. The molecule has 0 saturated heterocycles. The molecule has 4 heteroatoms. The molecule has 1 aromatic rings. The Labute approximate surface area is 126 Å². The van der Waals surface area contributed by atoms with Crippen molar-refractivity contribution >= 4 is 11.9 Å². The largest absolute Gasteiger partial charge is 0.481 e. The van der Waals surface area contributed by atoms with Crippen molar-refractivity contribution in [1.29, 1.82) is 0 Å². The van der Waals surface area contributed by atoms with Gasteiger partial charge in [-0.15, -0.1) is 0 Å². The maximum absolute atomic E-state index is 12.0. The van der Waals surface area contributed by atoms with E-state index in [9.17, 15) is 9.59 Å². The van der Waals surface area contributed by atoms with E-state index in [1.807, 2.05) is 30.3 Å². The molecule has 0 bridgehead atoms. The minimum atomic E-state index is -0.840. The van der Waals surface area contributed by atoms with Crippen LogP contribution in [0.2, 0.25) is 0 Å². The lowest BCUT2D eigenvalue weighted by Gasteiger charge is -2.20. The summed E-state index contributed by atoms with van der Waals surface area (Å²) in [5.74, 6) is -0.655. The third-order valence-electron chi connectivity index (χ3n) is 3.85. The van der Waals surface area contributed by atoms with E-state index in [0.717, 1.165) is 6.42 Å². The van der Waals surface area contributed by atoms with Gasteiger partial charge in [0.05, 0.1) is 5.41 Å². The minimum Gasteiger partial charge on any atom is -0.481 e. The highest BCUT2D eigenvalue weighted by atomic mass is 16.4. The first-order chi connectivity index (χ1) is 9.86. The van der Waals surface area contributed by atoms with Gasteiger partial charge in [-0.3, -0.25) is 9.59 Å². The predicted octanol–water partition coefficient (Wildman–Crippen LogP) is 3.19. The lowest BCUT2D eigenvalue weighted by atomic mass is 9.89. The summed E-state index contributed by atoms with van der Waals surface area (Å²) >= 11 is 0. The zero-order chi connectivity index (χ0) is 15.9. The molecule has 0 heterocycles. The number of hydrogen-bond acceptors (Lipinski definition) is 2. The zero-order valence-corrected chi connectivity index (χ0v) is 13.1. The number of amides is 1. The summed E-state index contributed by atoms with van der Waals surface area (Å²) in [5.41, 5.74) is 0.359. The lowest BCUT2D eigenvalue weighted by Crippen LogP contribution is -2.32. The molecular formula is C17H25NO3. The zero-order valence-electron chi connectivity index (χ0n) is 13.1. The van der Waals surface area contributed by atoms with Crippen molar-refractivity contribution in [3.05, 3.63) is 35.9 Å². The van der Waals surface area contributed by atoms with Crippen LogP contribution in [0, 0.1) is 5.41 Å². The van der Waals surface area contributed by atoms with E-state index >= 15 is 0 Å². The molecule has 1 unspecified atom stereocenters. The third-order valence-corrected chi connectivity index (χ3v) is 3.85. The molecule has 1 aromatic carbocycles. The van der Waals surface area contributed by atoms with Crippen molar-refractivity contribution in [2.75, 3.05) is 6.54 Å². The standard InChI is InChI=1S/C17H25NO3/c1-4-13(14-8-6-5-7-9-14)12-15(19)18-11-10-17(2,3)16(20)21/h5-9,13H,4,10-12H2,1-3H3,(H,18,19)(H,20,21). The van der Waals surface area contributed by atoms with Crippen LogP contribution in [0.15, 0.2) is 30.3 Å². The number of carboxylic acids is 1. The van der Waals surface area contributed by atoms with E-state index in [2.05, 4.69) is 12.2 Å². The van der Waals surface area contributed by atoms with Gasteiger partial charge in [-0.25, -0.2) is 0 Å². The fourth-order valence-corrected chi connectivity index (χ4v) is 2.14. The van der Waals surface area contributed by atoms with E-state index in [1.165, 1.54) is 5.56 Å².